The van der Waals surface area contributed by atoms with Crippen LogP contribution < -0.4 is 5.32 Å². The molecule has 1 heterocycles. The number of hydrogen-bond acceptors (Lipinski definition) is 5. The summed E-state index contributed by atoms with van der Waals surface area (Å²) in [6.07, 6.45) is 1.17. The van der Waals surface area contributed by atoms with E-state index in [9.17, 15) is 22.8 Å². The van der Waals surface area contributed by atoms with Crippen molar-refractivity contribution in [3.8, 4) is 0 Å². The molecule has 33 heavy (non-hydrogen) atoms. The molecule has 8 nitrogen and oxygen atoms in total. The first-order valence-electron chi connectivity index (χ1n) is 11.0. The quantitative estimate of drug-likeness (QED) is 0.665. The van der Waals surface area contributed by atoms with Gasteiger partial charge >= 0.3 is 0 Å². The molecule has 0 spiro atoms. The molecule has 1 aliphatic heterocycles. The minimum absolute atomic E-state index is 0.0193. The van der Waals surface area contributed by atoms with E-state index in [0.717, 1.165) is 12.0 Å². The minimum atomic E-state index is -4.20. The van der Waals surface area contributed by atoms with Gasteiger partial charge in [-0.05, 0) is 37.6 Å². The molecule has 3 amide bonds. The molecule has 0 unspecified atom stereocenters. The van der Waals surface area contributed by atoms with E-state index in [2.05, 4.69) is 5.32 Å². The standard InChI is InChI=1S/C24H29N3O5S/c1-3-8-21(28)26-13-15-27(16-14-26)24(30)23(33(31,32)20-11-5-4-6-12-20)25-22(29)19-10-7-9-18(2)17-19/h4-7,9-12,17,23H,3,8,13-16H2,1-2H3,(H,25,29)/t23-/m1/s1. The van der Waals surface area contributed by atoms with Gasteiger partial charge in [0.05, 0.1) is 4.90 Å². The molecule has 1 fully saturated rings. The van der Waals surface area contributed by atoms with E-state index in [1.165, 1.54) is 17.0 Å². The summed E-state index contributed by atoms with van der Waals surface area (Å²) in [6.45, 7) is 4.81. The molecular formula is C24H29N3O5S. The van der Waals surface area contributed by atoms with E-state index < -0.39 is 27.0 Å². The third-order valence-electron chi connectivity index (χ3n) is 5.56. The zero-order valence-corrected chi connectivity index (χ0v) is 19.7. The van der Waals surface area contributed by atoms with E-state index >= 15 is 0 Å². The average Bonchev–Trinajstić information content (AvgIpc) is 2.82. The van der Waals surface area contributed by atoms with E-state index in [1.54, 1.807) is 41.3 Å². The summed E-state index contributed by atoms with van der Waals surface area (Å²) < 4.78 is 26.8. The normalized spacial score (nSPS) is 15.1. The Morgan fingerprint density at radius 2 is 1.58 bits per heavy atom. The van der Waals surface area contributed by atoms with Gasteiger partial charge in [0.2, 0.25) is 21.1 Å². The number of aryl methyl sites for hydroxylation is 1. The fourth-order valence-corrected chi connectivity index (χ4v) is 5.21. The highest BCUT2D eigenvalue weighted by molar-refractivity contribution is 7.92. The Morgan fingerprint density at radius 3 is 2.18 bits per heavy atom. The van der Waals surface area contributed by atoms with Crippen molar-refractivity contribution in [1.29, 1.82) is 0 Å². The van der Waals surface area contributed by atoms with Crippen molar-refractivity contribution in [2.75, 3.05) is 26.2 Å². The van der Waals surface area contributed by atoms with E-state index in [-0.39, 0.29) is 29.5 Å². The molecular weight excluding hydrogens is 442 g/mol. The van der Waals surface area contributed by atoms with Crippen LogP contribution in [0.5, 0.6) is 0 Å². The largest absolute Gasteiger partial charge is 0.339 e. The van der Waals surface area contributed by atoms with Gasteiger partial charge in [-0.1, -0.05) is 42.8 Å². The smallest absolute Gasteiger partial charge is 0.261 e. The zero-order chi connectivity index (χ0) is 24.0. The fourth-order valence-electron chi connectivity index (χ4n) is 3.72. The van der Waals surface area contributed by atoms with Gasteiger partial charge in [0.25, 0.3) is 11.8 Å². The van der Waals surface area contributed by atoms with Gasteiger partial charge in [0.15, 0.2) is 0 Å². The van der Waals surface area contributed by atoms with Crippen LogP contribution in [0, 0.1) is 6.92 Å². The van der Waals surface area contributed by atoms with Crippen molar-refractivity contribution in [3.63, 3.8) is 0 Å². The molecule has 2 aromatic carbocycles. The molecule has 0 aliphatic carbocycles. The highest BCUT2D eigenvalue weighted by Gasteiger charge is 2.39. The van der Waals surface area contributed by atoms with Crippen molar-refractivity contribution in [2.45, 2.75) is 37.0 Å². The second kappa shape index (κ2) is 10.6. The van der Waals surface area contributed by atoms with Crippen molar-refractivity contribution in [2.24, 2.45) is 0 Å². The molecule has 176 valence electrons. The SMILES string of the molecule is CCCC(=O)N1CCN(C(=O)[C@H](NC(=O)c2cccc(C)c2)S(=O)(=O)c2ccccc2)CC1. The number of nitrogens with zero attached hydrogens (tertiary/aromatic N) is 2. The molecule has 1 atom stereocenters. The van der Waals surface area contributed by atoms with E-state index in [0.29, 0.717) is 19.5 Å². The van der Waals surface area contributed by atoms with Crippen LogP contribution in [0.3, 0.4) is 0 Å². The molecule has 0 radical (unpaired) electrons. The van der Waals surface area contributed by atoms with E-state index in [1.807, 2.05) is 19.9 Å². The summed E-state index contributed by atoms with van der Waals surface area (Å²) >= 11 is 0. The Bertz CT molecular complexity index is 1110. The number of piperazine rings is 1. The number of carbonyl (C=O) groups is 3. The summed E-state index contributed by atoms with van der Waals surface area (Å²) in [6, 6.07) is 14.3. The summed E-state index contributed by atoms with van der Waals surface area (Å²) in [5.41, 5.74) is 1.11. The summed E-state index contributed by atoms with van der Waals surface area (Å²) in [5, 5.41) is 0.680. The zero-order valence-electron chi connectivity index (χ0n) is 18.9. The highest BCUT2D eigenvalue weighted by Crippen LogP contribution is 2.18. The Balaban J connectivity index is 1.85. The van der Waals surface area contributed by atoms with Crippen LogP contribution in [0.25, 0.3) is 0 Å². The van der Waals surface area contributed by atoms with Crippen molar-refractivity contribution >= 4 is 27.6 Å². The van der Waals surface area contributed by atoms with Crippen LogP contribution >= 0.6 is 0 Å². The number of hydrogen-bond donors (Lipinski definition) is 1. The molecule has 0 bridgehead atoms. The molecule has 1 aliphatic rings. The number of rotatable bonds is 7. The minimum Gasteiger partial charge on any atom is -0.339 e. The van der Waals surface area contributed by atoms with Crippen LogP contribution in [0.4, 0.5) is 0 Å². The molecule has 2 aromatic rings. The van der Waals surface area contributed by atoms with Gasteiger partial charge in [-0.25, -0.2) is 8.42 Å². The van der Waals surface area contributed by atoms with Gasteiger partial charge in [0.1, 0.15) is 0 Å². The topological polar surface area (TPSA) is 104 Å². The lowest BCUT2D eigenvalue weighted by molar-refractivity contribution is -0.139. The number of carbonyl (C=O) groups excluding carboxylic acids is 3. The van der Waals surface area contributed by atoms with Crippen LogP contribution in [0.15, 0.2) is 59.5 Å². The van der Waals surface area contributed by atoms with Crippen molar-refractivity contribution < 1.29 is 22.8 Å². The Labute approximate surface area is 194 Å². The monoisotopic (exact) mass is 471 g/mol. The first-order chi connectivity index (χ1) is 15.7. The van der Waals surface area contributed by atoms with Crippen LogP contribution in [-0.4, -0.2) is 67.5 Å². The molecule has 1 saturated heterocycles. The van der Waals surface area contributed by atoms with Crippen LogP contribution in [0.1, 0.15) is 35.7 Å². The average molecular weight is 472 g/mol. The second-order valence-corrected chi connectivity index (χ2v) is 10.1. The van der Waals surface area contributed by atoms with Crippen LogP contribution in [0.2, 0.25) is 0 Å². The van der Waals surface area contributed by atoms with Gasteiger partial charge < -0.3 is 15.1 Å². The first kappa shape index (κ1) is 24.4. The number of benzene rings is 2. The molecule has 1 N–H and O–H groups in total. The molecule has 0 saturated carbocycles. The maximum absolute atomic E-state index is 13.4. The predicted octanol–water partition coefficient (Wildman–Crippen LogP) is 2.00. The molecule has 9 heteroatoms. The maximum atomic E-state index is 13.4. The van der Waals surface area contributed by atoms with Crippen molar-refractivity contribution in [3.05, 3.63) is 65.7 Å². The van der Waals surface area contributed by atoms with Gasteiger partial charge in [-0.2, -0.15) is 0 Å². The second-order valence-electron chi connectivity index (χ2n) is 8.04. The van der Waals surface area contributed by atoms with E-state index in [4.69, 9.17) is 0 Å². The lowest BCUT2D eigenvalue weighted by atomic mass is 10.1. The summed E-state index contributed by atoms with van der Waals surface area (Å²) in [4.78, 5) is 41.5. The third kappa shape index (κ3) is 5.78. The third-order valence-corrected chi connectivity index (χ3v) is 7.43. The fraction of sp³-hybridized carbons (Fsp3) is 0.375. The van der Waals surface area contributed by atoms with Gasteiger partial charge in [0, 0.05) is 38.2 Å². The Hall–Kier alpha value is -3.20. The summed E-state index contributed by atoms with van der Waals surface area (Å²) in [5.74, 6) is -1.33. The predicted molar refractivity (Wildman–Crippen MR) is 124 cm³/mol. The number of sulfone groups is 1. The Kier molecular flexibility index (Phi) is 7.86. The van der Waals surface area contributed by atoms with Crippen LogP contribution in [-0.2, 0) is 19.4 Å². The number of nitrogens with one attached hydrogen (secondary N) is 1. The first-order valence-corrected chi connectivity index (χ1v) is 12.5. The number of amides is 3. The van der Waals surface area contributed by atoms with Crippen molar-refractivity contribution in [1.82, 2.24) is 15.1 Å². The highest BCUT2D eigenvalue weighted by atomic mass is 32.2. The Morgan fingerprint density at radius 1 is 0.939 bits per heavy atom. The lowest BCUT2D eigenvalue weighted by Crippen LogP contribution is -2.57. The summed E-state index contributed by atoms with van der Waals surface area (Å²) in [7, 11) is -4.20. The lowest BCUT2D eigenvalue weighted by Gasteiger charge is -2.36. The molecule has 0 aromatic heterocycles. The van der Waals surface area contributed by atoms with Gasteiger partial charge in [-0.3, -0.25) is 14.4 Å². The molecule has 3 rings (SSSR count). The van der Waals surface area contributed by atoms with Gasteiger partial charge in [-0.15, -0.1) is 0 Å². The maximum Gasteiger partial charge on any atom is 0.261 e.